The molecule has 2 aliphatic rings. The fourth-order valence-corrected chi connectivity index (χ4v) is 4.20. The summed E-state index contributed by atoms with van der Waals surface area (Å²) in [5.41, 5.74) is 4.63. The van der Waals surface area contributed by atoms with E-state index in [0.29, 0.717) is 24.3 Å². The quantitative estimate of drug-likeness (QED) is 0.796. The number of piperazine rings is 1. The van der Waals surface area contributed by atoms with Crippen LogP contribution in [0.1, 0.15) is 34.3 Å². The number of para-hydroxylation sites is 1. The van der Waals surface area contributed by atoms with Crippen molar-refractivity contribution in [1.82, 2.24) is 10.2 Å². The molecule has 3 amide bonds. The average Bonchev–Trinajstić information content (AvgIpc) is 2.89. The predicted octanol–water partition coefficient (Wildman–Crippen LogP) is 2.48. The summed E-state index contributed by atoms with van der Waals surface area (Å²) in [6, 6.07) is 12.6. The minimum atomic E-state index is -0.722. The van der Waals surface area contributed by atoms with Gasteiger partial charge >= 0.3 is 0 Å². The third-order valence-corrected chi connectivity index (χ3v) is 6.04. The van der Waals surface area contributed by atoms with E-state index in [4.69, 9.17) is 0 Å². The van der Waals surface area contributed by atoms with E-state index in [1.807, 2.05) is 4.90 Å². The topological polar surface area (TPSA) is 81.8 Å². The van der Waals surface area contributed by atoms with Gasteiger partial charge in [0.2, 0.25) is 11.8 Å². The van der Waals surface area contributed by atoms with Gasteiger partial charge in [0.1, 0.15) is 6.04 Å². The van der Waals surface area contributed by atoms with Crippen LogP contribution in [-0.4, -0.2) is 54.8 Å². The molecule has 4 rings (SSSR count). The van der Waals surface area contributed by atoms with Crippen molar-refractivity contribution >= 4 is 29.1 Å². The fourth-order valence-electron chi connectivity index (χ4n) is 4.20. The molecule has 7 nitrogen and oxygen atoms in total. The lowest BCUT2D eigenvalue weighted by Crippen LogP contribution is -2.49. The zero-order valence-electron chi connectivity index (χ0n) is 18.0. The standard InChI is InChI=1S/C24H28N4O3/c1-16-7-8-17(2)21(15-16)27-11-13-28(14-12-27)22(29)10-9-20-24(31)25-19-6-4-3-5-18(19)23(30)26-20/h3-8,15,20H,9-14H2,1-2H3,(H,25,31)(H,26,30). The normalized spacial score (nSPS) is 18.7. The highest BCUT2D eigenvalue weighted by Gasteiger charge is 2.29. The number of carbonyl (C=O) groups excluding carboxylic acids is 3. The highest BCUT2D eigenvalue weighted by atomic mass is 16.2. The Labute approximate surface area is 182 Å². The minimum Gasteiger partial charge on any atom is -0.368 e. The number of nitrogens with zero attached hydrogens (tertiary/aromatic N) is 2. The van der Waals surface area contributed by atoms with E-state index < -0.39 is 6.04 Å². The molecule has 1 saturated heterocycles. The lowest BCUT2D eigenvalue weighted by atomic mass is 10.1. The lowest BCUT2D eigenvalue weighted by molar-refractivity contribution is -0.131. The predicted molar refractivity (Wildman–Crippen MR) is 120 cm³/mol. The second kappa shape index (κ2) is 8.79. The second-order valence-electron chi connectivity index (χ2n) is 8.26. The van der Waals surface area contributed by atoms with Gasteiger partial charge < -0.3 is 20.4 Å². The molecule has 1 fully saturated rings. The largest absolute Gasteiger partial charge is 0.368 e. The van der Waals surface area contributed by atoms with Crippen LogP contribution >= 0.6 is 0 Å². The maximum absolute atomic E-state index is 12.8. The molecule has 162 valence electrons. The number of hydrogen-bond donors (Lipinski definition) is 2. The van der Waals surface area contributed by atoms with Gasteiger partial charge in [-0.2, -0.15) is 0 Å². The Morgan fingerprint density at radius 2 is 1.77 bits per heavy atom. The maximum atomic E-state index is 12.8. The van der Waals surface area contributed by atoms with Gasteiger partial charge in [0.25, 0.3) is 5.91 Å². The van der Waals surface area contributed by atoms with Crippen LogP contribution in [0, 0.1) is 13.8 Å². The van der Waals surface area contributed by atoms with Gasteiger partial charge in [-0.1, -0.05) is 24.3 Å². The van der Waals surface area contributed by atoms with Crippen molar-refractivity contribution in [3.63, 3.8) is 0 Å². The molecule has 2 aromatic rings. The molecule has 0 aliphatic carbocycles. The van der Waals surface area contributed by atoms with E-state index in [2.05, 4.69) is 47.6 Å². The molecule has 0 radical (unpaired) electrons. The van der Waals surface area contributed by atoms with Crippen LogP contribution in [-0.2, 0) is 9.59 Å². The first kappa shape index (κ1) is 20.9. The Bertz CT molecular complexity index is 1010. The van der Waals surface area contributed by atoms with Crippen molar-refractivity contribution in [3.05, 3.63) is 59.2 Å². The van der Waals surface area contributed by atoms with Crippen molar-refractivity contribution in [2.45, 2.75) is 32.7 Å². The van der Waals surface area contributed by atoms with Crippen LogP contribution in [0.25, 0.3) is 0 Å². The van der Waals surface area contributed by atoms with Crippen molar-refractivity contribution in [2.75, 3.05) is 36.4 Å². The highest BCUT2D eigenvalue weighted by Crippen LogP contribution is 2.23. The Morgan fingerprint density at radius 1 is 1.03 bits per heavy atom. The molecule has 0 bridgehead atoms. The number of fused-ring (bicyclic) bond motifs is 1. The van der Waals surface area contributed by atoms with Gasteiger partial charge in [0.15, 0.2) is 0 Å². The first-order chi connectivity index (χ1) is 14.9. The smallest absolute Gasteiger partial charge is 0.254 e. The van der Waals surface area contributed by atoms with Crippen LogP contribution in [0.4, 0.5) is 11.4 Å². The summed E-state index contributed by atoms with van der Waals surface area (Å²) in [5.74, 6) is -0.566. The van der Waals surface area contributed by atoms with E-state index in [9.17, 15) is 14.4 Å². The van der Waals surface area contributed by atoms with E-state index in [1.165, 1.54) is 16.8 Å². The molecular formula is C24H28N4O3. The zero-order valence-corrected chi connectivity index (χ0v) is 18.0. The van der Waals surface area contributed by atoms with Gasteiger partial charge in [-0.3, -0.25) is 14.4 Å². The first-order valence-corrected chi connectivity index (χ1v) is 10.7. The van der Waals surface area contributed by atoms with E-state index in [0.717, 1.165) is 13.1 Å². The summed E-state index contributed by atoms with van der Waals surface area (Å²) in [6.07, 6.45) is 0.500. The molecule has 0 spiro atoms. The second-order valence-corrected chi connectivity index (χ2v) is 8.26. The van der Waals surface area contributed by atoms with Crippen LogP contribution in [0.15, 0.2) is 42.5 Å². The van der Waals surface area contributed by atoms with Crippen LogP contribution < -0.4 is 15.5 Å². The number of benzene rings is 2. The fraction of sp³-hybridized carbons (Fsp3) is 0.375. The maximum Gasteiger partial charge on any atom is 0.254 e. The highest BCUT2D eigenvalue weighted by molar-refractivity contribution is 6.09. The van der Waals surface area contributed by atoms with E-state index in [1.54, 1.807) is 24.3 Å². The SMILES string of the molecule is Cc1ccc(C)c(N2CCN(C(=O)CCC3NC(=O)c4ccccc4NC3=O)CC2)c1. The summed E-state index contributed by atoms with van der Waals surface area (Å²) in [6.45, 7) is 7.07. The van der Waals surface area contributed by atoms with Crippen molar-refractivity contribution in [3.8, 4) is 0 Å². The number of rotatable bonds is 4. The first-order valence-electron chi connectivity index (χ1n) is 10.7. The molecule has 2 N–H and O–H groups in total. The summed E-state index contributed by atoms with van der Waals surface area (Å²) >= 11 is 0. The number of anilines is 2. The molecule has 1 atom stereocenters. The molecule has 0 aromatic heterocycles. The third kappa shape index (κ3) is 4.55. The number of amides is 3. The van der Waals surface area contributed by atoms with E-state index >= 15 is 0 Å². The number of aryl methyl sites for hydroxylation is 2. The van der Waals surface area contributed by atoms with Crippen LogP contribution in [0.3, 0.4) is 0 Å². The van der Waals surface area contributed by atoms with Crippen molar-refractivity contribution in [1.29, 1.82) is 0 Å². The van der Waals surface area contributed by atoms with Gasteiger partial charge in [0.05, 0.1) is 11.3 Å². The van der Waals surface area contributed by atoms with Gasteiger partial charge in [-0.15, -0.1) is 0 Å². The lowest BCUT2D eigenvalue weighted by Gasteiger charge is -2.37. The summed E-state index contributed by atoms with van der Waals surface area (Å²) in [5, 5.41) is 5.54. The summed E-state index contributed by atoms with van der Waals surface area (Å²) in [7, 11) is 0. The van der Waals surface area contributed by atoms with Crippen molar-refractivity contribution in [2.24, 2.45) is 0 Å². The van der Waals surface area contributed by atoms with Crippen molar-refractivity contribution < 1.29 is 14.4 Å². The molecule has 2 aliphatic heterocycles. The molecular weight excluding hydrogens is 392 g/mol. The van der Waals surface area contributed by atoms with Crippen LogP contribution in [0.2, 0.25) is 0 Å². The Kier molecular flexibility index (Phi) is 5.93. The van der Waals surface area contributed by atoms with Gasteiger partial charge in [-0.25, -0.2) is 0 Å². The number of nitrogens with one attached hydrogen (secondary N) is 2. The van der Waals surface area contributed by atoms with E-state index in [-0.39, 0.29) is 30.6 Å². The molecule has 7 heteroatoms. The Hall–Kier alpha value is -3.35. The molecule has 2 aromatic carbocycles. The molecule has 0 saturated carbocycles. The average molecular weight is 421 g/mol. The Morgan fingerprint density at radius 3 is 2.55 bits per heavy atom. The molecule has 31 heavy (non-hydrogen) atoms. The zero-order chi connectivity index (χ0) is 22.0. The minimum absolute atomic E-state index is 0.0180. The summed E-state index contributed by atoms with van der Waals surface area (Å²) < 4.78 is 0. The summed E-state index contributed by atoms with van der Waals surface area (Å²) in [4.78, 5) is 41.9. The molecule has 1 unspecified atom stereocenters. The van der Waals surface area contributed by atoms with Gasteiger partial charge in [0, 0.05) is 38.3 Å². The Balaban J connectivity index is 1.31. The van der Waals surface area contributed by atoms with Gasteiger partial charge in [-0.05, 0) is 49.6 Å². The monoisotopic (exact) mass is 420 g/mol. The number of carbonyl (C=O) groups is 3. The van der Waals surface area contributed by atoms with Crippen LogP contribution in [0.5, 0.6) is 0 Å². The number of hydrogen-bond acceptors (Lipinski definition) is 4. The molecule has 2 heterocycles. The third-order valence-electron chi connectivity index (χ3n) is 6.04.